The summed E-state index contributed by atoms with van der Waals surface area (Å²) in [5.41, 5.74) is 0.0748. The average molecular weight is 399 g/mol. The zero-order chi connectivity index (χ0) is 19.5. The van der Waals surface area contributed by atoms with Gasteiger partial charge >= 0.3 is 0 Å². The number of benzene rings is 1. The number of methoxy groups -OCH3 is 1. The summed E-state index contributed by atoms with van der Waals surface area (Å²) in [5.74, 6) is 0.311. The molecule has 1 heterocycles. The number of ether oxygens (including phenoxy) is 1. The molecule has 2 N–H and O–H groups in total. The highest BCUT2D eigenvalue weighted by molar-refractivity contribution is 7.91. The van der Waals surface area contributed by atoms with E-state index >= 15 is 0 Å². The number of aromatic nitrogens is 2. The fourth-order valence-electron chi connectivity index (χ4n) is 2.02. The Morgan fingerprint density at radius 1 is 1.23 bits per heavy atom. The van der Waals surface area contributed by atoms with Crippen LogP contribution in [0.2, 0.25) is 0 Å². The highest BCUT2D eigenvalue weighted by Gasteiger charge is 2.27. The molecule has 8 nitrogen and oxygen atoms in total. The van der Waals surface area contributed by atoms with E-state index in [1.165, 1.54) is 7.11 Å². The minimum absolute atomic E-state index is 0.134. The van der Waals surface area contributed by atoms with E-state index in [0.29, 0.717) is 11.3 Å². The average Bonchev–Trinajstić information content (AvgIpc) is 3.03. The summed E-state index contributed by atoms with van der Waals surface area (Å²) >= 11 is 0.796. The van der Waals surface area contributed by atoms with Gasteiger partial charge in [0.2, 0.25) is 15.4 Å². The molecule has 0 bridgehead atoms. The first-order valence-corrected chi connectivity index (χ1v) is 10.1. The SMILES string of the molecule is COc1ccccc1[C@@H](C)NS(=O)(=O)c1nnc(NC(=O)C(C)(C)C)s1. The number of nitrogens with one attached hydrogen (secondary N) is 2. The first-order chi connectivity index (χ1) is 12.0. The molecule has 0 saturated carbocycles. The van der Waals surface area contributed by atoms with E-state index in [-0.39, 0.29) is 15.4 Å². The smallest absolute Gasteiger partial charge is 0.270 e. The number of para-hydroxylation sites is 1. The minimum atomic E-state index is -3.90. The zero-order valence-corrected chi connectivity index (χ0v) is 16.9. The van der Waals surface area contributed by atoms with Gasteiger partial charge in [0.25, 0.3) is 10.0 Å². The van der Waals surface area contributed by atoms with Crippen LogP contribution in [0.4, 0.5) is 5.13 Å². The second-order valence-electron chi connectivity index (χ2n) is 6.66. The number of amides is 1. The van der Waals surface area contributed by atoms with Gasteiger partial charge in [0, 0.05) is 17.0 Å². The maximum absolute atomic E-state index is 12.6. The lowest BCUT2D eigenvalue weighted by Crippen LogP contribution is -2.27. The van der Waals surface area contributed by atoms with Gasteiger partial charge in [-0.1, -0.05) is 50.3 Å². The molecule has 2 aromatic rings. The molecule has 0 aliphatic heterocycles. The largest absolute Gasteiger partial charge is 0.496 e. The standard InChI is InChI=1S/C16H22N4O4S2/c1-10(11-8-6-7-9-12(11)24-5)20-26(22,23)15-19-18-14(25-15)17-13(21)16(2,3)4/h6-10,20H,1-5H3,(H,17,18,21)/t10-/m1/s1. The Kier molecular flexibility index (Phi) is 5.99. The van der Waals surface area contributed by atoms with Crippen molar-refractivity contribution in [2.45, 2.75) is 38.1 Å². The Morgan fingerprint density at radius 2 is 1.88 bits per heavy atom. The van der Waals surface area contributed by atoms with Crippen LogP contribution in [-0.2, 0) is 14.8 Å². The van der Waals surface area contributed by atoms with Crippen molar-refractivity contribution in [2.24, 2.45) is 5.41 Å². The van der Waals surface area contributed by atoms with Gasteiger partial charge in [-0.15, -0.1) is 10.2 Å². The number of hydrogen-bond acceptors (Lipinski definition) is 7. The van der Waals surface area contributed by atoms with Crippen molar-refractivity contribution in [1.29, 1.82) is 0 Å². The third-order valence-corrected chi connectivity index (χ3v) is 6.22. The molecule has 1 amide bonds. The van der Waals surface area contributed by atoms with Gasteiger partial charge in [0.05, 0.1) is 7.11 Å². The van der Waals surface area contributed by atoms with Crippen molar-refractivity contribution in [1.82, 2.24) is 14.9 Å². The summed E-state index contributed by atoms with van der Waals surface area (Å²) in [4.78, 5) is 12.0. The Bertz CT molecular complexity index is 888. The van der Waals surface area contributed by atoms with Gasteiger partial charge in [-0.25, -0.2) is 13.1 Å². The third kappa shape index (κ3) is 4.77. The van der Waals surface area contributed by atoms with E-state index in [1.807, 2.05) is 0 Å². The monoisotopic (exact) mass is 398 g/mol. The zero-order valence-electron chi connectivity index (χ0n) is 15.2. The molecule has 26 heavy (non-hydrogen) atoms. The Balaban J connectivity index is 2.17. The fourth-order valence-corrected chi connectivity index (χ4v) is 4.16. The molecule has 1 aromatic heterocycles. The number of sulfonamides is 1. The van der Waals surface area contributed by atoms with Gasteiger partial charge in [-0.2, -0.15) is 0 Å². The van der Waals surface area contributed by atoms with E-state index in [2.05, 4.69) is 20.2 Å². The van der Waals surface area contributed by atoms with E-state index in [4.69, 9.17) is 4.74 Å². The van der Waals surface area contributed by atoms with Crippen LogP contribution in [-0.4, -0.2) is 31.6 Å². The van der Waals surface area contributed by atoms with Crippen LogP contribution in [0.5, 0.6) is 5.75 Å². The van der Waals surface area contributed by atoms with Crippen molar-refractivity contribution in [2.75, 3.05) is 12.4 Å². The predicted octanol–water partition coefficient (Wildman–Crippen LogP) is 2.57. The Hall–Kier alpha value is -2.04. The number of nitrogens with zero attached hydrogens (tertiary/aromatic N) is 2. The molecule has 2 rings (SSSR count). The first kappa shape index (κ1) is 20.3. The van der Waals surface area contributed by atoms with Crippen molar-refractivity contribution in [3.63, 3.8) is 0 Å². The number of hydrogen-bond donors (Lipinski definition) is 2. The number of anilines is 1. The molecule has 10 heteroatoms. The molecule has 0 aliphatic rings. The van der Waals surface area contributed by atoms with Crippen molar-refractivity contribution < 1.29 is 17.9 Å². The lowest BCUT2D eigenvalue weighted by molar-refractivity contribution is -0.123. The topological polar surface area (TPSA) is 110 Å². The normalized spacial score (nSPS) is 13.3. The van der Waals surface area contributed by atoms with Crippen LogP contribution in [0.15, 0.2) is 28.6 Å². The molecular weight excluding hydrogens is 376 g/mol. The fraction of sp³-hybridized carbons (Fsp3) is 0.438. The molecule has 0 radical (unpaired) electrons. The van der Waals surface area contributed by atoms with Crippen molar-refractivity contribution in [3.8, 4) is 5.75 Å². The highest BCUT2D eigenvalue weighted by Crippen LogP contribution is 2.27. The Labute approximate surface area is 157 Å². The molecule has 0 fully saturated rings. The number of rotatable bonds is 6. The van der Waals surface area contributed by atoms with E-state index in [9.17, 15) is 13.2 Å². The molecular formula is C16H22N4O4S2. The second kappa shape index (κ2) is 7.68. The van der Waals surface area contributed by atoms with Crippen LogP contribution >= 0.6 is 11.3 Å². The molecule has 1 atom stereocenters. The lowest BCUT2D eigenvalue weighted by Gasteiger charge is -2.16. The maximum atomic E-state index is 12.6. The quantitative estimate of drug-likeness (QED) is 0.724. The predicted molar refractivity (Wildman–Crippen MR) is 99.7 cm³/mol. The summed E-state index contributed by atoms with van der Waals surface area (Å²) in [6.07, 6.45) is 0. The number of carbonyl (C=O) groups is 1. The van der Waals surface area contributed by atoms with Crippen LogP contribution in [0, 0.1) is 5.41 Å². The summed E-state index contributed by atoms with van der Waals surface area (Å²) in [6, 6.07) is 6.60. The van der Waals surface area contributed by atoms with Crippen LogP contribution in [0.25, 0.3) is 0 Å². The second-order valence-corrected chi connectivity index (χ2v) is 9.53. The first-order valence-electron chi connectivity index (χ1n) is 7.85. The maximum Gasteiger partial charge on any atom is 0.270 e. The van der Waals surface area contributed by atoms with E-state index in [1.54, 1.807) is 52.0 Å². The summed E-state index contributed by atoms with van der Waals surface area (Å²) in [7, 11) is -2.37. The van der Waals surface area contributed by atoms with Crippen LogP contribution in [0.1, 0.15) is 39.3 Å². The lowest BCUT2D eigenvalue weighted by atomic mass is 9.96. The molecule has 0 aliphatic carbocycles. The molecule has 142 valence electrons. The van der Waals surface area contributed by atoms with Crippen LogP contribution in [0.3, 0.4) is 0 Å². The van der Waals surface area contributed by atoms with Gasteiger partial charge in [0.15, 0.2) is 0 Å². The van der Waals surface area contributed by atoms with Gasteiger partial charge < -0.3 is 10.1 Å². The minimum Gasteiger partial charge on any atom is -0.496 e. The molecule has 0 spiro atoms. The summed E-state index contributed by atoms with van der Waals surface area (Å²) < 4.78 is 32.7. The van der Waals surface area contributed by atoms with E-state index < -0.39 is 21.5 Å². The summed E-state index contributed by atoms with van der Waals surface area (Å²) in [6.45, 7) is 6.95. The van der Waals surface area contributed by atoms with Crippen LogP contribution < -0.4 is 14.8 Å². The molecule has 0 saturated heterocycles. The van der Waals surface area contributed by atoms with Gasteiger partial charge in [0.1, 0.15) is 5.75 Å². The Morgan fingerprint density at radius 3 is 2.50 bits per heavy atom. The highest BCUT2D eigenvalue weighted by atomic mass is 32.2. The molecule has 0 unspecified atom stereocenters. The van der Waals surface area contributed by atoms with Crippen molar-refractivity contribution >= 4 is 32.4 Å². The van der Waals surface area contributed by atoms with Gasteiger partial charge in [-0.05, 0) is 13.0 Å². The van der Waals surface area contributed by atoms with Crippen molar-refractivity contribution in [3.05, 3.63) is 29.8 Å². The summed E-state index contributed by atoms with van der Waals surface area (Å²) in [5, 5.41) is 10.1. The third-order valence-electron chi connectivity index (χ3n) is 3.48. The van der Waals surface area contributed by atoms with Gasteiger partial charge in [-0.3, -0.25) is 4.79 Å². The number of carbonyl (C=O) groups excluding carboxylic acids is 1. The molecule has 1 aromatic carbocycles. The van der Waals surface area contributed by atoms with E-state index in [0.717, 1.165) is 11.3 Å².